The van der Waals surface area contributed by atoms with E-state index in [1.165, 1.54) is 0 Å². The van der Waals surface area contributed by atoms with Crippen molar-refractivity contribution < 1.29 is 13.2 Å². The van der Waals surface area contributed by atoms with Gasteiger partial charge in [0.1, 0.15) is 6.61 Å². The van der Waals surface area contributed by atoms with Crippen LogP contribution in [-0.4, -0.2) is 44.3 Å². The van der Waals surface area contributed by atoms with E-state index in [0.29, 0.717) is 32.2 Å². The Hall–Kier alpha value is -0.570. The number of terminal acetylenes is 1. The number of piperidine rings is 1. The van der Waals surface area contributed by atoms with E-state index in [9.17, 15) is 8.42 Å². The first kappa shape index (κ1) is 12.9. The van der Waals surface area contributed by atoms with Crippen LogP contribution in [0.4, 0.5) is 0 Å². The molecule has 5 heteroatoms. The number of hydrogen-bond acceptors (Lipinski definition) is 3. The maximum absolute atomic E-state index is 12.1. The highest BCUT2D eigenvalue weighted by molar-refractivity contribution is 7.90. The molecule has 2 fully saturated rings. The fraction of sp³-hybridized carbons (Fsp3) is 0.833. The van der Waals surface area contributed by atoms with Gasteiger partial charge >= 0.3 is 0 Å². The van der Waals surface area contributed by atoms with E-state index in [4.69, 9.17) is 11.2 Å². The average molecular weight is 257 g/mol. The van der Waals surface area contributed by atoms with Crippen LogP contribution in [0.2, 0.25) is 0 Å². The van der Waals surface area contributed by atoms with Crippen molar-refractivity contribution in [2.75, 3.05) is 26.3 Å². The van der Waals surface area contributed by atoms with Gasteiger partial charge in [0.05, 0.1) is 11.9 Å². The van der Waals surface area contributed by atoms with E-state index in [1.807, 2.05) is 0 Å². The maximum Gasteiger partial charge on any atom is 0.216 e. The molecule has 1 unspecified atom stereocenters. The first-order chi connectivity index (χ1) is 8.14. The zero-order valence-corrected chi connectivity index (χ0v) is 10.8. The Morgan fingerprint density at radius 2 is 2.12 bits per heavy atom. The first-order valence-corrected chi connectivity index (χ1v) is 7.65. The van der Waals surface area contributed by atoms with Gasteiger partial charge in [-0.3, -0.25) is 0 Å². The van der Waals surface area contributed by atoms with E-state index in [2.05, 4.69) is 5.92 Å². The Morgan fingerprint density at radius 1 is 1.35 bits per heavy atom. The van der Waals surface area contributed by atoms with Crippen LogP contribution in [0.3, 0.4) is 0 Å². The van der Waals surface area contributed by atoms with Crippen LogP contribution in [0.1, 0.15) is 25.7 Å². The molecule has 0 aromatic carbocycles. The third-order valence-corrected chi connectivity index (χ3v) is 5.69. The highest BCUT2D eigenvalue weighted by Crippen LogP contribution is 2.33. The summed E-state index contributed by atoms with van der Waals surface area (Å²) in [4.78, 5) is 0. The lowest BCUT2D eigenvalue weighted by atomic mass is 10.0. The minimum atomic E-state index is -3.01. The van der Waals surface area contributed by atoms with E-state index in [0.717, 1.165) is 25.7 Å². The summed E-state index contributed by atoms with van der Waals surface area (Å²) < 4.78 is 31.1. The molecule has 0 aromatic heterocycles. The van der Waals surface area contributed by atoms with Crippen LogP contribution in [-0.2, 0) is 14.8 Å². The van der Waals surface area contributed by atoms with Crippen LogP contribution < -0.4 is 0 Å². The van der Waals surface area contributed by atoms with Crippen molar-refractivity contribution in [2.45, 2.75) is 30.9 Å². The number of ether oxygens (including phenoxy) is 1. The quantitative estimate of drug-likeness (QED) is 0.541. The number of rotatable bonds is 5. The lowest BCUT2D eigenvalue weighted by Crippen LogP contribution is -2.42. The third-order valence-electron chi connectivity index (χ3n) is 3.33. The predicted molar refractivity (Wildman–Crippen MR) is 65.9 cm³/mol. The van der Waals surface area contributed by atoms with Gasteiger partial charge in [-0.1, -0.05) is 5.92 Å². The molecule has 0 radical (unpaired) electrons. The largest absolute Gasteiger partial charge is 0.368 e. The van der Waals surface area contributed by atoms with E-state index < -0.39 is 10.0 Å². The molecule has 17 heavy (non-hydrogen) atoms. The Kier molecular flexibility index (Phi) is 4.08. The van der Waals surface area contributed by atoms with Crippen LogP contribution >= 0.6 is 0 Å². The summed E-state index contributed by atoms with van der Waals surface area (Å²) in [7, 11) is -3.01. The van der Waals surface area contributed by atoms with E-state index in [-0.39, 0.29) is 5.25 Å². The summed E-state index contributed by atoms with van der Waals surface area (Å²) in [6, 6.07) is 0. The summed E-state index contributed by atoms with van der Waals surface area (Å²) >= 11 is 0. The van der Waals surface area contributed by atoms with Gasteiger partial charge < -0.3 is 4.74 Å². The summed E-state index contributed by atoms with van der Waals surface area (Å²) in [6.45, 7) is 2.15. The molecule has 1 saturated heterocycles. The van der Waals surface area contributed by atoms with Gasteiger partial charge in [-0.05, 0) is 31.6 Å². The summed E-state index contributed by atoms with van der Waals surface area (Å²) in [5, 5.41) is -0.104. The van der Waals surface area contributed by atoms with Crippen molar-refractivity contribution in [3.8, 4) is 12.3 Å². The van der Waals surface area contributed by atoms with Crippen molar-refractivity contribution in [2.24, 2.45) is 5.92 Å². The second-order valence-corrected chi connectivity index (χ2v) is 7.04. The molecular weight excluding hydrogens is 238 g/mol. The van der Waals surface area contributed by atoms with Crippen molar-refractivity contribution in [1.82, 2.24) is 4.31 Å². The summed E-state index contributed by atoms with van der Waals surface area (Å²) in [6.07, 6.45) is 8.72. The maximum atomic E-state index is 12.1. The fourth-order valence-corrected chi connectivity index (χ4v) is 4.21. The molecular formula is C12H19NO3S. The second kappa shape index (κ2) is 5.38. The minimum absolute atomic E-state index is 0.104. The van der Waals surface area contributed by atoms with Crippen molar-refractivity contribution in [3.63, 3.8) is 0 Å². The highest BCUT2D eigenvalue weighted by atomic mass is 32.2. The van der Waals surface area contributed by atoms with Gasteiger partial charge in [-0.2, -0.15) is 0 Å². The molecule has 2 rings (SSSR count). The first-order valence-electron chi connectivity index (χ1n) is 6.14. The molecule has 1 atom stereocenters. The number of nitrogens with zero attached hydrogens (tertiary/aromatic N) is 1. The highest BCUT2D eigenvalue weighted by Gasteiger charge is 2.41. The molecule has 0 aromatic rings. The van der Waals surface area contributed by atoms with Crippen LogP contribution in [0.25, 0.3) is 0 Å². The van der Waals surface area contributed by atoms with Crippen molar-refractivity contribution in [1.29, 1.82) is 0 Å². The van der Waals surface area contributed by atoms with Gasteiger partial charge in [0.2, 0.25) is 10.0 Å². The molecule has 0 spiro atoms. The molecule has 0 N–H and O–H groups in total. The van der Waals surface area contributed by atoms with Crippen LogP contribution in [0.15, 0.2) is 0 Å². The van der Waals surface area contributed by atoms with Crippen LogP contribution in [0.5, 0.6) is 0 Å². The Morgan fingerprint density at radius 3 is 2.76 bits per heavy atom. The molecule has 1 aliphatic heterocycles. The standard InChI is InChI=1S/C12H19NO3S/c1-2-8-16-10-11-4-3-7-13(9-11)17(14,15)12-5-6-12/h1,11-12H,3-10H2. The number of hydrogen-bond donors (Lipinski definition) is 0. The van der Waals surface area contributed by atoms with Crippen LogP contribution in [0, 0.1) is 18.3 Å². The zero-order valence-electron chi connectivity index (χ0n) is 9.97. The molecule has 4 nitrogen and oxygen atoms in total. The zero-order chi connectivity index (χ0) is 12.3. The Labute approximate surface area is 103 Å². The minimum Gasteiger partial charge on any atom is -0.368 e. The molecule has 0 bridgehead atoms. The van der Waals surface area contributed by atoms with Gasteiger partial charge in [-0.15, -0.1) is 6.42 Å². The lowest BCUT2D eigenvalue weighted by Gasteiger charge is -2.31. The van der Waals surface area contributed by atoms with Gasteiger partial charge in [0.15, 0.2) is 0 Å². The summed E-state index contributed by atoms with van der Waals surface area (Å²) in [5.41, 5.74) is 0. The molecule has 1 aliphatic carbocycles. The van der Waals surface area contributed by atoms with Gasteiger partial charge in [0, 0.05) is 13.1 Å². The smallest absolute Gasteiger partial charge is 0.216 e. The summed E-state index contributed by atoms with van der Waals surface area (Å²) in [5.74, 6) is 2.72. The molecule has 1 saturated carbocycles. The number of sulfonamides is 1. The van der Waals surface area contributed by atoms with Gasteiger partial charge in [-0.25, -0.2) is 12.7 Å². The van der Waals surface area contributed by atoms with Crippen molar-refractivity contribution in [3.05, 3.63) is 0 Å². The monoisotopic (exact) mass is 257 g/mol. The topological polar surface area (TPSA) is 46.6 Å². The third kappa shape index (κ3) is 3.21. The van der Waals surface area contributed by atoms with E-state index in [1.54, 1.807) is 4.31 Å². The van der Waals surface area contributed by atoms with E-state index >= 15 is 0 Å². The lowest BCUT2D eigenvalue weighted by molar-refractivity contribution is 0.0989. The SMILES string of the molecule is C#CCOCC1CCCN(S(=O)(=O)C2CC2)C1. The van der Waals surface area contributed by atoms with Crippen molar-refractivity contribution >= 4 is 10.0 Å². The Balaban J connectivity index is 1.86. The Bertz CT molecular complexity index is 394. The second-order valence-electron chi connectivity index (χ2n) is 4.83. The fourth-order valence-electron chi connectivity index (χ4n) is 2.26. The molecule has 1 heterocycles. The molecule has 2 aliphatic rings. The molecule has 96 valence electrons. The predicted octanol–water partition coefficient (Wildman–Crippen LogP) is 0.840. The normalized spacial score (nSPS) is 26.6. The average Bonchev–Trinajstić information content (AvgIpc) is 3.14. The molecule has 0 amide bonds. The van der Waals surface area contributed by atoms with Gasteiger partial charge in [0.25, 0.3) is 0 Å².